The van der Waals surface area contributed by atoms with Gasteiger partial charge >= 0.3 is 0 Å². The quantitative estimate of drug-likeness (QED) is 0.751. The van der Waals surface area contributed by atoms with Crippen LogP contribution in [0.5, 0.6) is 5.75 Å². The summed E-state index contributed by atoms with van der Waals surface area (Å²) in [7, 11) is -1.33. The summed E-state index contributed by atoms with van der Waals surface area (Å²) in [6.45, 7) is 2.38. The Morgan fingerprint density at radius 1 is 1.35 bits per heavy atom. The fourth-order valence-electron chi connectivity index (χ4n) is 2.84. The molecule has 0 saturated carbocycles. The lowest BCUT2D eigenvalue weighted by Crippen LogP contribution is -2.38. The number of aromatic nitrogens is 1. The Kier molecular flexibility index (Phi) is 5.62. The molecule has 8 heteroatoms. The van der Waals surface area contributed by atoms with E-state index in [1.807, 2.05) is 36.6 Å². The summed E-state index contributed by atoms with van der Waals surface area (Å²) in [4.78, 5) is 18.4. The molecule has 1 aliphatic heterocycles. The number of amides is 1. The zero-order valence-corrected chi connectivity index (χ0v) is 16.5. The fourth-order valence-corrected chi connectivity index (χ4v) is 5.32. The highest BCUT2D eigenvalue weighted by molar-refractivity contribution is 7.91. The summed E-state index contributed by atoms with van der Waals surface area (Å²) >= 11 is 1.45. The highest BCUT2D eigenvalue weighted by atomic mass is 32.2. The minimum absolute atomic E-state index is 0.0575. The molecule has 2 aromatic rings. The van der Waals surface area contributed by atoms with Crippen molar-refractivity contribution in [2.24, 2.45) is 0 Å². The number of benzene rings is 1. The minimum Gasteiger partial charge on any atom is -0.486 e. The molecule has 2 heterocycles. The van der Waals surface area contributed by atoms with Crippen LogP contribution in [0.4, 0.5) is 0 Å². The summed E-state index contributed by atoms with van der Waals surface area (Å²) < 4.78 is 28.9. The van der Waals surface area contributed by atoms with E-state index in [1.54, 1.807) is 11.9 Å². The first-order chi connectivity index (χ1) is 12.3. The zero-order valence-electron chi connectivity index (χ0n) is 14.8. The first-order valence-electron chi connectivity index (χ1n) is 8.41. The topological polar surface area (TPSA) is 76.6 Å². The van der Waals surface area contributed by atoms with E-state index in [0.717, 1.165) is 10.8 Å². The molecule has 1 fully saturated rings. The van der Waals surface area contributed by atoms with Crippen molar-refractivity contribution in [3.8, 4) is 5.75 Å². The molecule has 1 amide bonds. The second kappa shape index (κ2) is 7.75. The molecule has 0 radical (unpaired) electrons. The molecule has 1 aliphatic rings. The SMILES string of the molecule is Cc1ccc(OCc2nc(CC(=O)N(C)[C@H]3CCS(=O)(=O)C3)cs2)cc1. The number of carbonyl (C=O) groups is 1. The van der Waals surface area contributed by atoms with Gasteiger partial charge in [0.25, 0.3) is 0 Å². The van der Waals surface area contributed by atoms with Crippen LogP contribution in [0.15, 0.2) is 29.6 Å². The van der Waals surface area contributed by atoms with Gasteiger partial charge in [-0.3, -0.25) is 4.79 Å². The van der Waals surface area contributed by atoms with E-state index in [4.69, 9.17) is 4.74 Å². The molecule has 6 nitrogen and oxygen atoms in total. The van der Waals surface area contributed by atoms with Crippen molar-refractivity contribution in [3.63, 3.8) is 0 Å². The highest BCUT2D eigenvalue weighted by Crippen LogP contribution is 2.19. The molecular formula is C18H22N2O4S2. The monoisotopic (exact) mass is 394 g/mol. The smallest absolute Gasteiger partial charge is 0.228 e. The van der Waals surface area contributed by atoms with Crippen molar-refractivity contribution >= 4 is 27.1 Å². The van der Waals surface area contributed by atoms with Crippen molar-refractivity contribution in [2.75, 3.05) is 18.6 Å². The minimum atomic E-state index is -3.00. The molecule has 0 aliphatic carbocycles. The zero-order chi connectivity index (χ0) is 18.7. The lowest BCUT2D eigenvalue weighted by atomic mass is 10.2. The van der Waals surface area contributed by atoms with Gasteiger partial charge in [-0.05, 0) is 25.5 Å². The van der Waals surface area contributed by atoms with E-state index in [1.165, 1.54) is 16.9 Å². The van der Waals surface area contributed by atoms with E-state index in [-0.39, 0.29) is 29.9 Å². The molecule has 26 heavy (non-hydrogen) atoms. The normalized spacial score (nSPS) is 18.6. The van der Waals surface area contributed by atoms with Crippen LogP contribution in [-0.2, 0) is 27.7 Å². The average molecular weight is 395 g/mol. The van der Waals surface area contributed by atoms with Gasteiger partial charge in [-0.1, -0.05) is 17.7 Å². The van der Waals surface area contributed by atoms with Crippen molar-refractivity contribution in [2.45, 2.75) is 32.4 Å². The maximum Gasteiger partial charge on any atom is 0.228 e. The van der Waals surface area contributed by atoms with Gasteiger partial charge in [0, 0.05) is 18.5 Å². The Bertz CT molecular complexity index is 875. The second-order valence-electron chi connectivity index (χ2n) is 6.57. The first-order valence-corrected chi connectivity index (χ1v) is 11.1. The number of carbonyl (C=O) groups excluding carboxylic acids is 1. The number of rotatable bonds is 6. The van der Waals surface area contributed by atoms with E-state index in [2.05, 4.69) is 4.98 Å². The second-order valence-corrected chi connectivity index (χ2v) is 9.74. The molecule has 140 valence electrons. The number of hydrogen-bond acceptors (Lipinski definition) is 6. The van der Waals surface area contributed by atoms with E-state index < -0.39 is 9.84 Å². The summed E-state index contributed by atoms with van der Waals surface area (Å²) in [5.74, 6) is 0.892. The number of thiazole rings is 1. The van der Waals surface area contributed by atoms with Gasteiger partial charge in [-0.2, -0.15) is 0 Å². The third-order valence-electron chi connectivity index (χ3n) is 4.46. The third kappa shape index (κ3) is 4.82. The largest absolute Gasteiger partial charge is 0.486 e. The van der Waals surface area contributed by atoms with E-state index in [0.29, 0.717) is 18.7 Å². The molecule has 0 bridgehead atoms. The van der Waals surface area contributed by atoms with Crippen LogP contribution in [-0.4, -0.2) is 48.8 Å². The van der Waals surface area contributed by atoms with Crippen LogP contribution < -0.4 is 4.74 Å². The van der Waals surface area contributed by atoms with Crippen LogP contribution in [0.3, 0.4) is 0 Å². The van der Waals surface area contributed by atoms with Crippen molar-refractivity contribution in [1.82, 2.24) is 9.88 Å². The number of sulfone groups is 1. The summed E-state index contributed by atoms with van der Waals surface area (Å²) in [6.07, 6.45) is 0.686. The maximum absolute atomic E-state index is 12.4. The van der Waals surface area contributed by atoms with Crippen molar-refractivity contribution in [3.05, 3.63) is 45.9 Å². The molecular weight excluding hydrogens is 372 g/mol. The number of hydrogen-bond donors (Lipinski definition) is 0. The molecule has 1 atom stereocenters. The molecule has 0 unspecified atom stereocenters. The lowest BCUT2D eigenvalue weighted by molar-refractivity contribution is -0.130. The Morgan fingerprint density at radius 2 is 2.08 bits per heavy atom. The molecule has 1 aromatic heterocycles. The molecule has 1 saturated heterocycles. The van der Waals surface area contributed by atoms with E-state index >= 15 is 0 Å². The molecule has 1 aromatic carbocycles. The van der Waals surface area contributed by atoms with Crippen molar-refractivity contribution < 1.29 is 17.9 Å². The van der Waals surface area contributed by atoms with Gasteiger partial charge in [0.05, 0.1) is 23.6 Å². The Labute approximate surface area is 157 Å². The van der Waals surface area contributed by atoms with Crippen LogP contribution in [0.2, 0.25) is 0 Å². The number of ether oxygens (including phenoxy) is 1. The van der Waals surface area contributed by atoms with E-state index in [9.17, 15) is 13.2 Å². The van der Waals surface area contributed by atoms with Gasteiger partial charge in [-0.25, -0.2) is 13.4 Å². The highest BCUT2D eigenvalue weighted by Gasteiger charge is 2.32. The van der Waals surface area contributed by atoms with Crippen LogP contribution >= 0.6 is 11.3 Å². The molecule has 3 rings (SSSR count). The Balaban J connectivity index is 1.52. The predicted octanol–water partition coefficient (Wildman–Crippen LogP) is 2.22. The first kappa shape index (κ1) is 18.8. The van der Waals surface area contributed by atoms with Gasteiger partial charge in [0.1, 0.15) is 17.4 Å². The predicted molar refractivity (Wildman–Crippen MR) is 101 cm³/mol. The Hall–Kier alpha value is -1.93. The third-order valence-corrected chi connectivity index (χ3v) is 7.09. The number of likely N-dealkylation sites (N-methyl/N-ethyl adjacent to an activating group) is 1. The van der Waals surface area contributed by atoms with Gasteiger partial charge < -0.3 is 9.64 Å². The maximum atomic E-state index is 12.4. The number of aryl methyl sites for hydroxylation is 1. The van der Waals surface area contributed by atoms with Crippen molar-refractivity contribution in [1.29, 1.82) is 0 Å². The van der Waals surface area contributed by atoms with Crippen LogP contribution in [0.1, 0.15) is 22.7 Å². The Morgan fingerprint density at radius 3 is 2.73 bits per heavy atom. The van der Waals surface area contributed by atoms with Gasteiger partial charge in [0.2, 0.25) is 5.91 Å². The van der Waals surface area contributed by atoms with Gasteiger partial charge in [-0.15, -0.1) is 11.3 Å². The number of nitrogens with zero attached hydrogens (tertiary/aromatic N) is 2. The van der Waals surface area contributed by atoms with Crippen LogP contribution in [0.25, 0.3) is 0 Å². The molecule has 0 N–H and O–H groups in total. The standard InChI is InChI=1S/C18H22N2O4S2/c1-13-3-5-16(6-4-13)24-10-17-19-14(11-25-17)9-18(21)20(2)15-7-8-26(22,23)12-15/h3-6,11,15H,7-10,12H2,1-2H3/t15-/m0/s1. The summed E-state index contributed by atoms with van der Waals surface area (Å²) in [6, 6.07) is 7.58. The van der Waals surface area contributed by atoms with Gasteiger partial charge in [0.15, 0.2) is 9.84 Å². The lowest BCUT2D eigenvalue weighted by Gasteiger charge is -2.23. The fraction of sp³-hybridized carbons (Fsp3) is 0.444. The summed E-state index contributed by atoms with van der Waals surface area (Å²) in [5, 5.41) is 2.66. The van der Waals surface area contributed by atoms with Crippen LogP contribution in [0, 0.1) is 6.92 Å². The molecule has 0 spiro atoms. The average Bonchev–Trinajstić information content (AvgIpc) is 3.19. The summed E-state index contributed by atoms with van der Waals surface area (Å²) in [5.41, 5.74) is 1.86.